The number of carbonyl (C=O) groups excluding carboxylic acids is 1. The molecule has 0 aromatic heterocycles. The van der Waals surface area contributed by atoms with Gasteiger partial charge in [-0.05, 0) is 61.4 Å². The monoisotopic (exact) mass is 415 g/mol. The summed E-state index contributed by atoms with van der Waals surface area (Å²) in [6.07, 6.45) is 3.78. The Kier molecular flexibility index (Phi) is 5.35. The number of nitrogens with one attached hydrogen (secondary N) is 2. The number of allylic oxidation sites excluding steroid dienone is 1. The van der Waals surface area contributed by atoms with Crippen LogP contribution in [0.2, 0.25) is 0 Å². The molecule has 4 nitrogen and oxygen atoms in total. The number of carbonyl (C=O) groups is 1. The van der Waals surface area contributed by atoms with Gasteiger partial charge in [0.25, 0.3) is 0 Å². The molecule has 162 valence electrons. The van der Waals surface area contributed by atoms with Gasteiger partial charge < -0.3 is 10.6 Å². The molecule has 2 aromatic rings. The number of benzene rings is 2. The van der Waals surface area contributed by atoms with Gasteiger partial charge >= 0.3 is 0 Å². The fourth-order valence-electron chi connectivity index (χ4n) is 5.57. The normalized spacial score (nSPS) is 23.9. The number of para-hydroxylation sites is 2. The lowest BCUT2D eigenvalue weighted by Gasteiger charge is -2.39. The van der Waals surface area contributed by atoms with Crippen LogP contribution in [0.4, 0.5) is 11.4 Å². The van der Waals surface area contributed by atoms with E-state index < -0.39 is 0 Å². The zero-order chi connectivity index (χ0) is 21.4. The van der Waals surface area contributed by atoms with Gasteiger partial charge in [0.1, 0.15) is 0 Å². The van der Waals surface area contributed by atoms with Gasteiger partial charge in [0.15, 0.2) is 5.78 Å². The lowest BCUT2D eigenvalue weighted by Crippen LogP contribution is -2.44. The van der Waals surface area contributed by atoms with Gasteiger partial charge in [-0.3, -0.25) is 9.69 Å². The van der Waals surface area contributed by atoms with Gasteiger partial charge in [0.2, 0.25) is 0 Å². The first-order valence-electron chi connectivity index (χ1n) is 11.6. The van der Waals surface area contributed by atoms with Crippen LogP contribution in [0.5, 0.6) is 0 Å². The number of Topliss-reactive ketones (excluding diaryl/α,β-unsaturated/α-hetero) is 1. The summed E-state index contributed by atoms with van der Waals surface area (Å²) in [5, 5.41) is 7.43. The van der Waals surface area contributed by atoms with E-state index in [0.29, 0.717) is 18.1 Å². The molecule has 0 radical (unpaired) electrons. The molecule has 31 heavy (non-hydrogen) atoms. The van der Waals surface area contributed by atoms with E-state index in [9.17, 15) is 4.79 Å². The Balaban J connectivity index is 1.39. The van der Waals surface area contributed by atoms with Crippen molar-refractivity contribution in [2.75, 3.05) is 23.7 Å². The van der Waals surface area contributed by atoms with Crippen LogP contribution in [-0.4, -0.2) is 29.8 Å². The number of anilines is 2. The average molecular weight is 416 g/mol. The van der Waals surface area contributed by atoms with Gasteiger partial charge in [0, 0.05) is 24.2 Å². The third kappa shape index (κ3) is 4.27. The highest BCUT2D eigenvalue weighted by atomic mass is 16.1. The molecule has 1 atom stereocenters. The van der Waals surface area contributed by atoms with E-state index in [1.807, 2.05) is 0 Å². The molecule has 1 saturated heterocycles. The van der Waals surface area contributed by atoms with Gasteiger partial charge in [-0.1, -0.05) is 56.3 Å². The minimum absolute atomic E-state index is 0.00575. The number of fused-ring (bicyclic) bond motifs is 1. The lowest BCUT2D eigenvalue weighted by atomic mass is 9.71. The largest absolute Gasteiger partial charge is 0.376 e. The summed E-state index contributed by atoms with van der Waals surface area (Å²) in [5.74, 6) is 0.783. The fraction of sp³-hybridized carbons (Fsp3) is 0.444. The van der Waals surface area contributed by atoms with Gasteiger partial charge in [-0.25, -0.2) is 0 Å². The molecule has 4 heteroatoms. The van der Waals surface area contributed by atoms with Gasteiger partial charge in [0.05, 0.1) is 17.4 Å². The highest BCUT2D eigenvalue weighted by Gasteiger charge is 2.41. The van der Waals surface area contributed by atoms with Crippen LogP contribution >= 0.6 is 0 Å². The van der Waals surface area contributed by atoms with Crippen LogP contribution in [-0.2, 0) is 11.3 Å². The van der Waals surface area contributed by atoms with Crippen molar-refractivity contribution >= 4 is 17.2 Å². The van der Waals surface area contributed by atoms with Crippen LogP contribution in [0.1, 0.15) is 45.1 Å². The van der Waals surface area contributed by atoms with Crippen LogP contribution in [0.15, 0.2) is 65.9 Å². The molecule has 2 aliphatic heterocycles. The molecule has 3 aliphatic rings. The molecule has 0 spiro atoms. The zero-order valence-corrected chi connectivity index (χ0v) is 18.7. The quantitative estimate of drug-likeness (QED) is 0.700. The maximum Gasteiger partial charge on any atom is 0.163 e. The smallest absolute Gasteiger partial charge is 0.163 e. The summed E-state index contributed by atoms with van der Waals surface area (Å²) >= 11 is 0. The van der Waals surface area contributed by atoms with Crippen LogP contribution in [0.25, 0.3) is 0 Å². The molecule has 2 N–H and O–H groups in total. The minimum Gasteiger partial charge on any atom is -0.376 e. The molecule has 0 bridgehead atoms. The van der Waals surface area contributed by atoms with Crippen molar-refractivity contribution in [3.05, 3.63) is 71.4 Å². The molecule has 1 aliphatic carbocycles. The Labute approximate surface area is 185 Å². The molecule has 0 amide bonds. The van der Waals surface area contributed by atoms with Gasteiger partial charge in [-0.15, -0.1) is 0 Å². The van der Waals surface area contributed by atoms with E-state index in [1.54, 1.807) is 0 Å². The van der Waals surface area contributed by atoms with E-state index in [2.05, 4.69) is 84.0 Å². The summed E-state index contributed by atoms with van der Waals surface area (Å²) in [5.41, 5.74) is 5.73. The molecule has 5 rings (SSSR count). The average Bonchev–Trinajstić information content (AvgIpc) is 2.90. The second-order valence-electron chi connectivity index (χ2n) is 10.2. The first-order chi connectivity index (χ1) is 15.0. The second kappa shape index (κ2) is 8.16. The molecule has 1 fully saturated rings. The predicted octanol–water partition coefficient (Wildman–Crippen LogP) is 5.45. The summed E-state index contributed by atoms with van der Waals surface area (Å²) in [7, 11) is 0. The van der Waals surface area contributed by atoms with E-state index in [1.165, 1.54) is 5.56 Å². The number of nitrogens with zero attached hydrogens (tertiary/aromatic N) is 1. The van der Waals surface area contributed by atoms with Gasteiger partial charge in [-0.2, -0.15) is 0 Å². The number of hydrogen-bond acceptors (Lipinski definition) is 4. The molecule has 2 aromatic carbocycles. The molecule has 0 unspecified atom stereocenters. The zero-order valence-electron chi connectivity index (χ0n) is 18.7. The maximum atomic E-state index is 13.4. The highest BCUT2D eigenvalue weighted by Crippen LogP contribution is 2.44. The minimum atomic E-state index is 0.00575. The van der Waals surface area contributed by atoms with Crippen molar-refractivity contribution in [3.8, 4) is 0 Å². The van der Waals surface area contributed by atoms with Crippen molar-refractivity contribution in [1.82, 2.24) is 4.90 Å². The Morgan fingerprint density at radius 1 is 0.935 bits per heavy atom. The first kappa shape index (κ1) is 20.3. The number of rotatable bonds is 3. The summed E-state index contributed by atoms with van der Waals surface area (Å²) in [6, 6.07) is 19.2. The van der Waals surface area contributed by atoms with Crippen molar-refractivity contribution in [2.24, 2.45) is 11.3 Å². The van der Waals surface area contributed by atoms with Crippen LogP contribution in [0, 0.1) is 11.3 Å². The maximum absolute atomic E-state index is 13.4. The summed E-state index contributed by atoms with van der Waals surface area (Å²) in [6.45, 7) is 7.58. The third-order valence-corrected chi connectivity index (χ3v) is 7.11. The topological polar surface area (TPSA) is 44.4 Å². The number of likely N-dealkylation sites (tertiary alicyclic amines) is 1. The fourth-order valence-corrected chi connectivity index (χ4v) is 5.57. The third-order valence-electron chi connectivity index (χ3n) is 7.11. The van der Waals surface area contributed by atoms with Crippen molar-refractivity contribution in [1.29, 1.82) is 0 Å². The number of ketones is 1. The highest BCUT2D eigenvalue weighted by molar-refractivity contribution is 6.00. The number of piperidine rings is 1. The van der Waals surface area contributed by atoms with Crippen LogP contribution in [0.3, 0.4) is 0 Å². The number of hydrogen-bond donors (Lipinski definition) is 2. The first-order valence-corrected chi connectivity index (χ1v) is 11.6. The standard InChI is InChI=1S/C27H33N3O/c1-27(2)16-23-25(24(31)17-27)26(29-22-11-7-6-10-21(22)28-23)20-12-14-30(15-13-20)18-19-8-4-3-5-9-19/h3-11,20,26,28-29H,12-18H2,1-2H3/t26-/m1/s1. The van der Waals surface area contributed by atoms with E-state index in [4.69, 9.17) is 0 Å². The van der Waals surface area contributed by atoms with Crippen molar-refractivity contribution in [2.45, 2.75) is 52.1 Å². The van der Waals surface area contributed by atoms with Crippen LogP contribution < -0.4 is 10.6 Å². The second-order valence-corrected chi connectivity index (χ2v) is 10.2. The predicted molar refractivity (Wildman–Crippen MR) is 127 cm³/mol. The molecule has 0 saturated carbocycles. The lowest BCUT2D eigenvalue weighted by molar-refractivity contribution is -0.118. The van der Waals surface area contributed by atoms with Crippen molar-refractivity contribution < 1.29 is 4.79 Å². The molecular weight excluding hydrogens is 382 g/mol. The van der Waals surface area contributed by atoms with E-state index in [-0.39, 0.29) is 11.5 Å². The molecule has 2 heterocycles. The Morgan fingerprint density at radius 2 is 1.61 bits per heavy atom. The van der Waals surface area contributed by atoms with Crippen molar-refractivity contribution in [3.63, 3.8) is 0 Å². The van der Waals surface area contributed by atoms with E-state index in [0.717, 1.165) is 61.5 Å². The Hall–Kier alpha value is -2.59. The summed E-state index contributed by atoms with van der Waals surface area (Å²) in [4.78, 5) is 15.9. The molecular formula is C27H33N3O. The Bertz CT molecular complexity index is 987. The summed E-state index contributed by atoms with van der Waals surface area (Å²) < 4.78 is 0. The Morgan fingerprint density at radius 3 is 2.35 bits per heavy atom. The van der Waals surface area contributed by atoms with E-state index >= 15 is 0 Å². The SMILES string of the molecule is CC1(C)CC(=O)C2=C(C1)Nc1ccccc1N[C@@H]2C1CCN(Cc2ccccc2)CC1.